The summed E-state index contributed by atoms with van der Waals surface area (Å²) in [5.74, 6) is -0.289. The highest BCUT2D eigenvalue weighted by atomic mass is 35.5. The topological polar surface area (TPSA) is 52.6 Å². The van der Waals surface area contributed by atoms with Gasteiger partial charge in [-0.25, -0.2) is 0 Å². The minimum Gasteiger partial charge on any atom is -0.311 e. The Morgan fingerprint density at radius 2 is 1.75 bits per heavy atom. The molecule has 1 atom stereocenters. The van der Waals surface area contributed by atoms with Gasteiger partial charge in [0.25, 0.3) is 0 Å². The largest absolute Gasteiger partial charge is 0.355 e. The standard InChI is InChI=1S/C10H18ClO4P/c1-14-16(13,15-2)10(11)9(12)8-6-4-3-5-7-8/h8,10H,3-7H2,1-2H3. The van der Waals surface area contributed by atoms with Crippen molar-refractivity contribution in [1.29, 1.82) is 0 Å². The van der Waals surface area contributed by atoms with Gasteiger partial charge in [0, 0.05) is 20.1 Å². The molecule has 1 aliphatic rings. The third kappa shape index (κ3) is 3.07. The summed E-state index contributed by atoms with van der Waals surface area (Å²) in [5.41, 5.74) is 0. The summed E-state index contributed by atoms with van der Waals surface area (Å²) in [4.78, 5) is 12.0. The molecule has 0 N–H and O–H groups in total. The molecule has 0 amide bonds. The van der Waals surface area contributed by atoms with E-state index in [1.165, 1.54) is 14.2 Å². The van der Waals surface area contributed by atoms with Crippen molar-refractivity contribution < 1.29 is 18.4 Å². The molecule has 0 bridgehead atoms. The fourth-order valence-corrected chi connectivity index (χ4v) is 3.70. The van der Waals surface area contributed by atoms with Gasteiger partial charge in [-0.15, -0.1) is 11.6 Å². The third-order valence-corrected chi connectivity index (χ3v) is 5.79. The van der Waals surface area contributed by atoms with Gasteiger partial charge in [0.2, 0.25) is 0 Å². The lowest BCUT2D eigenvalue weighted by Gasteiger charge is -2.25. The van der Waals surface area contributed by atoms with Gasteiger partial charge >= 0.3 is 7.60 Å². The summed E-state index contributed by atoms with van der Waals surface area (Å²) in [6.07, 6.45) is 4.88. The van der Waals surface area contributed by atoms with Crippen LogP contribution < -0.4 is 0 Å². The molecule has 0 saturated heterocycles. The zero-order valence-electron chi connectivity index (χ0n) is 9.65. The molecule has 0 radical (unpaired) electrons. The van der Waals surface area contributed by atoms with Crippen molar-refractivity contribution in [1.82, 2.24) is 0 Å². The molecular formula is C10H18ClO4P. The van der Waals surface area contributed by atoms with E-state index in [-0.39, 0.29) is 11.7 Å². The zero-order valence-corrected chi connectivity index (χ0v) is 11.3. The number of rotatable bonds is 5. The molecule has 6 heteroatoms. The molecule has 94 valence electrons. The number of carbonyl (C=O) groups excluding carboxylic acids is 1. The van der Waals surface area contributed by atoms with Crippen LogP contribution in [0, 0.1) is 5.92 Å². The number of Topliss-reactive ketones (excluding diaryl/α,β-unsaturated/α-hetero) is 1. The maximum absolute atomic E-state index is 12.0. The van der Waals surface area contributed by atoms with Crippen molar-refractivity contribution in [3.05, 3.63) is 0 Å². The smallest absolute Gasteiger partial charge is 0.311 e. The molecule has 1 saturated carbocycles. The van der Waals surface area contributed by atoms with Crippen LogP contribution in [0.2, 0.25) is 0 Å². The van der Waals surface area contributed by atoms with Crippen LogP contribution in [0.4, 0.5) is 0 Å². The minimum atomic E-state index is -3.48. The average molecular weight is 269 g/mol. The van der Waals surface area contributed by atoms with Gasteiger partial charge in [-0.05, 0) is 12.8 Å². The number of halogens is 1. The monoisotopic (exact) mass is 268 g/mol. The van der Waals surface area contributed by atoms with Crippen LogP contribution in [0.1, 0.15) is 32.1 Å². The first-order valence-electron chi connectivity index (χ1n) is 5.44. The number of carbonyl (C=O) groups is 1. The van der Waals surface area contributed by atoms with Crippen LogP contribution in [0.15, 0.2) is 0 Å². The lowest BCUT2D eigenvalue weighted by atomic mass is 9.87. The highest BCUT2D eigenvalue weighted by Crippen LogP contribution is 2.54. The number of alkyl halides is 1. The first-order chi connectivity index (χ1) is 7.55. The molecular weight excluding hydrogens is 251 g/mol. The second kappa shape index (κ2) is 6.15. The van der Waals surface area contributed by atoms with Crippen molar-refractivity contribution in [2.45, 2.75) is 37.2 Å². The SMILES string of the molecule is COP(=O)(OC)C(Cl)C(=O)C1CCCCC1. The van der Waals surface area contributed by atoms with E-state index in [0.29, 0.717) is 0 Å². The van der Waals surface area contributed by atoms with Crippen LogP contribution in [0.25, 0.3) is 0 Å². The van der Waals surface area contributed by atoms with E-state index in [4.69, 9.17) is 20.6 Å². The highest BCUT2D eigenvalue weighted by Gasteiger charge is 2.41. The molecule has 0 aromatic heterocycles. The lowest BCUT2D eigenvalue weighted by molar-refractivity contribution is -0.122. The Balaban J connectivity index is 2.68. The molecule has 0 spiro atoms. The van der Waals surface area contributed by atoms with Gasteiger partial charge < -0.3 is 9.05 Å². The Kier molecular flexibility index (Phi) is 5.45. The van der Waals surface area contributed by atoms with E-state index in [9.17, 15) is 9.36 Å². The van der Waals surface area contributed by atoms with Gasteiger partial charge in [-0.3, -0.25) is 9.36 Å². The second-order valence-corrected chi connectivity index (χ2v) is 7.05. The molecule has 0 aliphatic heterocycles. The Labute approximate surface area is 101 Å². The molecule has 0 aromatic rings. The summed E-state index contributed by atoms with van der Waals surface area (Å²) >= 11 is 5.91. The van der Waals surface area contributed by atoms with Crippen molar-refractivity contribution in [3.8, 4) is 0 Å². The van der Waals surface area contributed by atoms with E-state index < -0.39 is 12.7 Å². The van der Waals surface area contributed by atoms with E-state index in [0.717, 1.165) is 32.1 Å². The van der Waals surface area contributed by atoms with Crippen molar-refractivity contribution >= 4 is 25.0 Å². The van der Waals surface area contributed by atoms with Crippen LogP contribution in [0.3, 0.4) is 0 Å². The third-order valence-electron chi connectivity index (χ3n) is 3.03. The van der Waals surface area contributed by atoms with Crippen LogP contribution in [-0.2, 0) is 18.4 Å². The molecule has 16 heavy (non-hydrogen) atoms. The lowest BCUT2D eigenvalue weighted by Crippen LogP contribution is -2.26. The predicted octanol–water partition coefficient (Wildman–Crippen LogP) is 3.19. The fraction of sp³-hybridized carbons (Fsp3) is 0.900. The van der Waals surface area contributed by atoms with Crippen LogP contribution >= 0.6 is 19.2 Å². The summed E-state index contributed by atoms with van der Waals surface area (Å²) < 4.78 is 21.4. The van der Waals surface area contributed by atoms with Gasteiger partial charge in [-0.2, -0.15) is 0 Å². The Morgan fingerprint density at radius 3 is 2.19 bits per heavy atom. The highest BCUT2D eigenvalue weighted by molar-refractivity contribution is 7.57. The van der Waals surface area contributed by atoms with Crippen molar-refractivity contribution in [3.63, 3.8) is 0 Å². The molecule has 0 aromatic carbocycles. The second-order valence-electron chi connectivity index (χ2n) is 3.98. The molecule has 1 fully saturated rings. The van der Waals surface area contributed by atoms with Crippen molar-refractivity contribution in [2.24, 2.45) is 5.92 Å². The minimum absolute atomic E-state index is 0.0881. The van der Waals surface area contributed by atoms with Crippen molar-refractivity contribution in [2.75, 3.05) is 14.2 Å². The molecule has 1 unspecified atom stereocenters. The average Bonchev–Trinajstić information content (AvgIpc) is 2.37. The van der Waals surface area contributed by atoms with Gasteiger partial charge in [0.1, 0.15) is 0 Å². The maximum Gasteiger partial charge on any atom is 0.355 e. The first kappa shape index (κ1) is 14.2. The summed E-state index contributed by atoms with van der Waals surface area (Å²) in [7, 11) is -0.991. The zero-order chi connectivity index (χ0) is 12.2. The number of hydrogen-bond acceptors (Lipinski definition) is 4. The van der Waals surface area contributed by atoms with Crippen LogP contribution in [-0.4, -0.2) is 25.1 Å². The summed E-state index contributed by atoms with van der Waals surface area (Å²) in [5, 5.41) is -1.18. The summed E-state index contributed by atoms with van der Waals surface area (Å²) in [6.45, 7) is 0. The van der Waals surface area contributed by atoms with Gasteiger partial charge in [0.15, 0.2) is 10.9 Å². The molecule has 1 rings (SSSR count). The van der Waals surface area contributed by atoms with E-state index >= 15 is 0 Å². The summed E-state index contributed by atoms with van der Waals surface area (Å²) in [6, 6.07) is 0. The molecule has 1 aliphatic carbocycles. The first-order valence-corrected chi connectivity index (χ1v) is 7.49. The quantitative estimate of drug-likeness (QED) is 0.568. The predicted molar refractivity (Wildman–Crippen MR) is 62.8 cm³/mol. The van der Waals surface area contributed by atoms with Gasteiger partial charge in [0.05, 0.1) is 0 Å². The Morgan fingerprint density at radius 1 is 1.25 bits per heavy atom. The van der Waals surface area contributed by atoms with E-state index in [1.54, 1.807) is 0 Å². The molecule has 0 heterocycles. The van der Waals surface area contributed by atoms with Gasteiger partial charge in [-0.1, -0.05) is 19.3 Å². The van der Waals surface area contributed by atoms with E-state index in [2.05, 4.69) is 0 Å². The normalized spacial score (nSPS) is 20.7. The molecule has 4 nitrogen and oxygen atoms in total. The van der Waals surface area contributed by atoms with Crippen LogP contribution in [0.5, 0.6) is 0 Å². The van der Waals surface area contributed by atoms with E-state index in [1.807, 2.05) is 0 Å². The maximum atomic E-state index is 12.0. The Bertz CT molecular complexity index is 281. The Hall–Kier alpha value is 0.110. The fourth-order valence-electron chi connectivity index (χ4n) is 2.00. The number of ketones is 1. The number of hydrogen-bond donors (Lipinski definition) is 0.